The molecular formula is C13H18ClNO4S. The third-order valence-corrected chi connectivity index (χ3v) is 5.17. The predicted octanol–water partition coefficient (Wildman–Crippen LogP) is 1.91. The third kappa shape index (κ3) is 3.85. The van der Waals surface area contributed by atoms with Gasteiger partial charge in [-0.1, -0.05) is 17.7 Å². The maximum Gasteiger partial charge on any atom is 0.237 e. The van der Waals surface area contributed by atoms with Crippen molar-refractivity contribution in [1.29, 1.82) is 0 Å². The normalized spacial score (nSPS) is 19.8. The van der Waals surface area contributed by atoms with Crippen molar-refractivity contribution in [1.82, 2.24) is 0 Å². The topological polar surface area (TPSA) is 55.8 Å². The summed E-state index contributed by atoms with van der Waals surface area (Å²) >= 11 is 5.92. The van der Waals surface area contributed by atoms with Gasteiger partial charge < -0.3 is 9.47 Å². The number of nitrogens with zero attached hydrogens (tertiary/aromatic N) is 1. The Kier molecular flexibility index (Phi) is 5.26. The number of sulfonamides is 1. The van der Waals surface area contributed by atoms with Crippen molar-refractivity contribution in [3.8, 4) is 0 Å². The Morgan fingerprint density at radius 3 is 2.80 bits per heavy atom. The van der Waals surface area contributed by atoms with E-state index in [0.717, 1.165) is 0 Å². The fraction of sp³-hybridized carbons (Fsp3) is 0.538. The summed E-state index contributed by atoms with van der Waals surface area (Å²) in [5, 5.41) is 0.508. The molecule has 0 bridgehead atoms. The molecule has 20 heavy (non-hydrogen) atoms. The summed E-state index contributed by atoms with van der Waals surface area (Å²) in [4.78, 5) is 0. The maximum atomic E-state index is 12.5. The van der Waals surface area contributed by atoms with Gasteiger partial charge in [0.25, 0.3) is 0 Å². The van der Waals surface area contributed by atoms with Crippen LogP contribution in [-0.2, 0) is 19.5 Å². The van der Waals surface area contributed by atoms with Crippen LogP contribution in [-0.4, -0.2) is 46.6 Å². The van der Waals surface area contributed by atoms with Crippen LogP contribution in [0.4, 0.5) is 5.69 Å². The van der Waals surface area contributed by atoms with Gasteiger partial charge in [-0.25, -0.2) is 8.42 Å². The average Bonchev–Trinajstić information content (AvgIpc) is 2.39. The van der Waals surface area contributed by atoms with Crippen LogP contribution in [0.2, 0.25) is 5.02 Å². The van der Waals surface area contributed by atoms with Crippen molar-refractivity contribution >= 4 is 27.3 Å². The van der Waals surface area contributed by atoms with E-state index in [1.165, 1.54) is 4.31 Å². The summed E-state index contributed by atoms with van der Waals surface area (Å²) in [5.41, 5.74) is 0.566. The molecule has 2 rings (SSSR count). The molecule has 1 aromatic rings. The standard InChI is InChI=1S/C13H18ClNO4S/c1-2-15(12-5-3-4-11(14)8-12)20(16,17)10-13-9-18-6-7-19-13/h3-5,8,13H,2,6-7,9-10H2,1H3. The monoisotopic (exact) mass is 319 g/mol. The van der Waals surface area contributed by atoms with Crippen molar-refractivity contribution in [2.24, 2.45) is 0 Å². The highest BCUT2D eigenvalue weighted by Crippen LogP contribution is 2.23. The number of halogens is 1. The van der Waals surface area contributed by atoms with Gasteiger partial charge in [-0.2, -0.15) is 0 Å². The molecule has 1 aliphatic heterocycles. The Morgan fingerprint density at radius 1 is 1.40 bits per heavy atom. The molecule has 7 heteroatoms. The minimum Gasteiger partial charge on any atom is -0.376 e. The number of rotatable bonds is 5. The van der Waals surface area contributed by atoms with Crippen molar-refractivity contribution in [3.63, 3.8) is 0 Å². The first-order valence-corrected chi connectivity index (χ1v) is 8.47. The number of ether oxygens (including phenoxy) is 2. The van der Waals surface area contributed by atoms with Crippen LogP contribution in [0.25, 0.3) is 0 Å². The molecule has 1 unspecified atom stereocenters. The number of hydrogen-bond acceptors (Lipinski definition) is 4. The molecule has 0 radical (unpaired) electrons. The van der Waals surface area contributed by atoms with Gasteiger partial charge in [-0.05, 0) is 25.1 Å². The van der Waals surface area contributed by atoms with Crippen LogP contribution in [0.5, 0.6) is 0 Å². The number of hydrogen-bond donors (Lipinski definition) is 0. The van der Waals surface area contributed by atoms with E-state index in [1.807, 2.05) is 0 Å². The maximum absolute atomic E-state index is 12.5. The summed E-state index contributed by atoms with van der Waals surface area (Å²) in [6, 6.07) is 6.81. The molecule has 1 saturated heterocycles. The molecule has 1 heterocycles. The highest BCUT2D eigenvalue weighted by Gasteiger charge is 2.27. The SMILES string of the molecule is CCN(c1cccc(Cl)c1)S(=O)(=O)CC1COCCO1. The van der Waals surface area contributed by atoms with Gasteiger partial charge in [-0.3, -0.25) is 4.31 Å². The van der Waals surface area contributed by atoms with Gasteiger partial charge in [0.05, 0.1) is 37.4 Å². The first-order valence-electron chi connectivity index (χ1n) is 6.48. The summed E-state index contributed by atoms with van der Waals surface area (Å²) < 4.78 is 37.0. The predicted molar refractivity (Wildman–Crippen MR) is 78.8 cm³/mol. The van der Waals surface area contributed by atoms with E-state index in [0.29, 0.717) is 37.1 Å². The second-order valence-corrected chi connectivity index (χ2v) is 6.87. The molecule has 0 aliphatic carbocycles. The number of benzene rings is 1. The molecule has 0 amide bonds. The Morgan fingerprint density at radius 2 is 2.20 bits per heavy atom. The van der Waals surface area contributed by atoms with Crippen LogP contribution in [0.3, 0.4) is 0 Å². The van der Waals surface area contributed by atoms with Crippen LogP contribution < -0.4 is 4.31 Å². The fourth-order valence-electron chi connectivity index (χ4n) is 2.13. The molecule has 0 spiro atoms. The zero-order valence-corrected chi connectivity index (χ0v) is 12.9. The average molecular weight is 320 g/mol. The molecule has 112 valence electrons. The van der Waals surface area contributed by atoms with Crippen molar-refractivity contribution in [3.05, 3.63) is 29.3 Å². The summed E-state index contributed by atoms with van der Waals surface area (Å²) in [6.45, 7) is 3.39. The van der Waals surface area contributed by atoms with E-state index in [2.05, 4.69) is 0 Å². The van der Waals surface area contributed by atoms with Crippen molar-refractivity contribution < 1.29 is 17.9 Å². The van der Waals surface area contributed by atoms with Crippen LogP contribution >= 0.6 is 11.6 Å². The molecule has 5 nitrogen and oxygen atoms in total. The van der Waals surface area contributed by atoms with Crippen LogP contribution in [0.1, 0.15) is 6.92 Å². The Balaban J connectivity index is 2.16. The van der Waals surface area contributed by atoms with E-state index in [1.54, 1.807) is 31.2 Å². The minimum absolute atomic E-state index is 0.0899. The largest absolute Gasteiger partial charge is 0.376 e. The Labute approximate surface area is 124 Å². The number of anilines is 1. The van der Waals surface area contributed by atoms with Gasteiger partial charge in [0.15, 0.2) is 0 Å². The van der Waals surface area contributed by atoms with Gasteiger partial charge in [0.2, 0.25) is 10.0 Å². The molecule has 1 fully saturated rings. The summed E-state index contributed by atoms with van der Waals surface area (Å²) in [5.74, 6) is -0.0899. The lowest BCUT2D eigenvalue weighted by molar-refractivity contribution is -0.0782. The smallest absolute Gasteiger partial charge is 0.237 e. The van der Waals surface area contributed by atoms with E-state index < -0.39 is 16.1 Å². The van der Waals surface area contributed by atoms with Gasteiger partial charge in [0.1, 0.15) is 0 Å². The molecule has 1 aliphatic rings. The molecule has 1 atom stereocenters. The third-order valence-electron chi connectivity index (χ3n) is 3.00. The van der Waals surface area contributed by atoms with Crippen LogP contribution in [0, 0.1) is 0 Å². The molecule has 0 N–H and O–H groups in total. The second-order valence-electron chi connectivity index (χ2n) is 4.49. The molecule has 0 aromatic heterocycles. The molecule has 0 saturated carbocycles. The van der Waals surface area contributed by atoms with E-state index in [-0.39, 0.29) is 5.75 Å². The fourth-order valence-corrected chi connectivity index (χ4v) is 3.98. The molecular weight excluding hydrogens is 302 g/mol. The quantitative estimate of drug-likeness (QED) is 0.832. The highest BCUT2D eigenvalue weighted by molar-refractivity contribution is 7.92. The van der Waals surface area contributed by atoms with Gasteiger partial charge in [0, 0.05) is 11.6 Å². The van der Waals surface area contributed by atoms with Gasteiger partial charge >= 0.3 is 0 Å². The van der Waals surface area contributed by atoms with E-state index >= 15 is 0 Å². The highest BCUT2D eigenvalue weighted by atomic mass is 35.5. The van der Waals surface area contributed by atoms with E-state index in [9.17, 15) is 8.42 Å². The molecule has 1 aromatic carbocycles. The zero-order chi connectivity index (χ0) is 14.6. The zero-order valence-electron chi connectivity index (χ0n) is 11.3. The Hall–Kier alpha value is -0.820. The lowest BCUT2D eigenvalue weighted by atomic mass is 10.3. The second kappa shape index (κ2) is 6.76. The van der Waals surface area contributed by atoms with Crippen molar-refractivity contribution in [2.75, 3.05) is 36.4 Å². The summed E-state index contributed by atoms with van der Waals surface area (Å²) in [7, 11) is -3.47. The van der Waals surface area contributed by atoms with Crippen LogP contribution in [0.15, 0.2) is 24.3 Å². The summed E-state index contributed by atoms with van der Waals surface area (Å²) in [6.07, 6.45) is -0.415. The minimum atomic E-state index is -3.47. The van der Waals surface area contributed by atoms with E-state index in [4.69, 9.17) is 21.1 Å². The van der Waals surface area contributed by atoms with Crippen molar-refractivity contribution in [2.45, 2.75) is 13.0 Å². The lowest BCUT2D eigenvalue weighted by Crippen LogP contribution is -2.41. The Bertz CT molecular complexity index is 543. The van der Waals surface area contributed by atoms with Gasteiger partial charge in [-0.15, -0.1) is 0 Å². The lowest BCUT2D eigenvalue weighted by Gasteiger charge is -2.27. The first kappa shape index (κ1) is 15.6. The first-order chi connectivity index (χ1) is 9.53.